The average Bonchev–Trinajstić information content (AvgIpc) is 2.84. The quantitative estimate of drug-likeness (QED) is 0.675. The lowest BCUT2D eigenvalue weighted by Gasteiger charge is -2.09. The minimum Gasteiger partial charge on any atom is -0.393 e. The fourth-order valence-corrected chi connectivity index (χ4v) is 1.91. The molecule has 2 N–H and O–H groups in total. The van der Waals surface area contributed by atoms with Crippen LogP contribution in [0.15, 0.2) is 0 Å². The van der Waals surface area contributed by atoms with Gasteiger partial charge in [0.25, 0.3) is 0 Å². The monoisotopic (exact) mass is 183 g/mol. The van der Waals surface area contributed by atoms with E-state index in [1.54, 1.807) is 0 Å². The van der Waals surface area contributed by atoms with E-state index in [4.69, 9.17) is 0 Å². The van der Waals surface area contributed by atoms with Crippen LogP contribution in [0.5, 0.6) is 0 Å². The van der Waals surface area contributed by atoms with Crippen LogP contribution in [-0.2, 0) is 4.79 Å². The van der Waals surface area contributed by atoms with Gasteiger partial charge >= 0.3 is 0 Å². The van der Waals surface area contributed by atoms with Crippen LogP contribution in [0, 0.1) is 11.8 Å². The van der Waals surface area contributed by atoms with Crippen LogP contribution in [0.4, 0.5) is 0 Å². The fourth-order valence-electron chi connectivity index (χ4n) is 1.91. The summed E-state index contributed by atoms with van der Waals surface area (Å²) in [4.78, 5) is 11.5. The summed E-state index contributed by atoms with van der Waals surface area (Å²) >= 11 is 0. The molecular formula is C10H17NO2. The van der Waals surface area contributed by atoms with Crippen molar-refractivity contribution in [3.05, 3.63) is 0 Å². The molecule has 2 rings (SSSR count). The van der Waals surface area contributed by atoms with Gasteiger partial charge in [0.15, 0.2) is 0 Å². The molecule has 2 aliphatic rings. The van der Waals surface area contributed by atoms with Crippen molar-refractivity contribution in [3.8, 4) is 0 Å². The van der Waals surface area contributed by atoms with Gasteiger partial charge in [0.1, 0.15) is 0 Å². The van der Waals surface area contributed by atoms with Crippen LogP contribution in [0.2, 0.25) is 0 Å². The fraction of sp³-hybridized carbons (Fsp3) is 0.900. The first-order valence-electron chi connectivity index (χ1n) is 5.21. The van der Waals surface area contributed by atoms with E-state index < -0.39 is 0 Å². The molecule has 0 aromatic rings. The van der Waals surface area contributed by atoms with Crippen LogP contribution in [0.25, 0.3) is 0 Å². The van der Waals surface area contributed by atoms with Crippen molar-refractivity contribution in [1.29, 1.82) is 0 Å². The van der Waals surface area contributed by atoms with Crippen LogP contribution >= 0.6 is 0 Å². The molecule has 0 aromatic heterocycles. The highest BCUT2D eigenvalue weighted by Gasteiger charge is 2.29. The molecule has 13 heavy (non-hydrogen) atoms. The molecule has 0 spiro atoms. The van der Waals surface area contributed by atoms with Gasteiger partial charge in [-0.2, -0.15) is 0 Å². The molecule has 74 valence electrons. The minimum absolute atomic E-state index is 0.0775. The van der Waals surface area contributed by atoms with E-state index in [0.717, 1.165) is 25.3 Å². The average molecular weight is 183 g/mol. The summed E-state index contributed by atoms with van der Waals surface area (Å²) in [6, 6.07) is 0. The third-order valence-electron chi connectivity index (χ3n) is 3.04. The maximum Gasteiger partial charge on any atom is 0.223 e. The molecule has 3 nitrogen and oxygen atoms in total. The summed E-state index contributed by atoms with van der Waals surface area (Å²) in [7, 11) is 0. The second kappa shape index (κ2) is 3.66. The molecule has 2 atom stereocenters. The normalized spacial score (nSPS) is 33.3. The zero-order valence-corrected chi connectivity index (χ0v) is 7.83. The van der Waals surface area contributed by atoms with E-state index in [0.29, 0.717) is 6.42 Å². The van der Waals surface area contributed by atoms with E-state index >= 15 is 0 Å². The second-order valence-electron chi connectivity index (χ2n) is 4.35. The number of nitrogens with one attached hydrogen (secondary N) is 1. The first-order chi connectivity index (χ1) is 6.25. The van der Waals surface area contributed by atoms with E-state index in [-0.39, 0.29) is 17.9 Å². The summed E-state index contributed by atoms with van der Waals surface area (Å²) in [5.41, 5.74) is 0. The lowest BCUT2D eigenvalue weighted by molar-refractivity contribution is -0.125. The Morgan fingerprint density at radius 3 is 2.62 bits per heavy atom. The molecule has 0 aromatic carbocycles. The van der Waals surface area contributed by atoms with E-state index in [1.807, 2.05) is 0 Å². The van der Waals surface area contributed by atoms with Crippen LogP contribution < -0.4 is 5.32 Å². The van der Waals surface area contributed by atoms with Gasteiger partial charge in [0, 0.05) is 12.5 Å². The van der Waals surface area contributed by atoms with Crippen molar-refractivity contribution in [3.63, 3.8) is 0 Å². The largest absolute Gasteiger partial charge is 0.393 e. The molecule has 2 fully saturated rings. The Bertz CT molecular complexity index is 201. The highest BCUT2D eigenvalue weighted by atomic mass is 16.3. The van der Waals surface area contributed by atoms with Gasteiger partial charge < -0.3 is 10.4 Å². The number of aliphatic hydroxyl groups excluding tert-OH is 1. The molecule has 0 saturated heterocycles. The van der Waals surface area contributed by atoms with Gasteiger partial charge in [-0.25, -0.2) is 0 Å². The maximum absolute atomic E-state index is 11.5. The summed E-state index contributed by atoms with van der Waals surface area (Å²) in [6.07, 6.45) is 4.62. The lowest BCUT2D eigenvalue weighted by Crippen LogP contribution is -2.31. The van der Waals surface area contributed by atoms with Crippen molar-refractivity contribution in [2.45, 2.75) is 38.2 Å². The van der Waals surface area contributed by atoms with Gasteiger partial charge in [0.05, 0.1) is 6.10 Å². The van der Waals surface area contributed by atoms with Gasteiger partial charge in [-0.3, -0.25) is 4.79 Å². The molecule has 0 aliphatic heterocycles. The third kappa shape index (κ3) is 2.44. The number of rotatable bonds is 3. The summed E-state index contributed by atoms with van der Waals surface area (Å²) in [5, 5.41) is 12.2. The molecule has 3 heteroatoms. The van der Waals surface area contributed by atoms with Crippen molar-refractivity contribution < 1.29 is 9.90 Å². The van der Waals surface area contributed by atoms with Crippen molar-refractivity contribution in [1.82, 2.24) is 5.32 Å². The Balaban J connectivity index is 1.69. The van der Waals surface area contributed by atoms with E-state index in [2.05, 4.69) is 5.32 Å². The van der Waals surface area contributed by atoms with E-state index in [1.165, 1.54) is 12.8 Å². The number of amides is 1. The number of hydrogen-bond acceptors (Lipinski definition) is 2. The molecule has 1 amide bonds. The highest BCUT2D eigenvalue weighted by Crippen LogP contribution is 2.29. The molecule has 0 radical (unpaired) electrons. The Labute approximate surface area is 78.5 Å². The number of aliphatic hydroxyl groups is 1. The van der Waals surface area contributed by atoms with Gasteiger partial charge in [-0.05, 0) is 38.0 Å². The SMILES string of the molecule is O=C(NCC1CC1)[C@@H]1CC[C@@H](O)C1. The maximum atomic E-state index is 11.5. The Morgan fingerprint density at radius 2 is 2.08 bits per heavy atom. The van der Waals surface area contributed by atoms with Crippen molar-refractivity contribution in [2.75, 3.05) is 6.54 Å². The molecule has 0 heterocycles. The molecule has 2 saturated carbocycles. The van der Waals surface area contributed by atoms with Gasteiger partial charge in [-0.1, -0.05) is 0 Å². The third-order valence-corrected chi connectivity index (χ3v) is 3.04. The topological polar surface area (TPSA) is 49.3 Å². The Morgan fingerprint density at radius 1 is 1.31 bits per heavy atom. The zero-order valence-electron chi connectivity index (χ0n) is 7.83. The Kier molecular flexibility index (Phi) is 2.54. The van der Waals surface area contributed by atoms with Crippen LogP contribution in [0.1, 0.15) is 32.1 Å². The van der Waals surface area contributed by atoms with Crippen LogP contribution in [0.3, 0.4) is 0 Å². The molecule has 0 unspecified atom stereocenters. The summed E-state index contributed by atoms with van der Waals surface area (Å²) in [5.74, 6) is 0.979. The summed E-state index contributed by atoms with van der Waals surface area (Å²) < 4.78 is 0. The molecule has 0 bridgehead atoms. The molecule has 2 aliphatic carbocycles. The predicted octanol–water partition coefficient (Wildman–Crippen LogP) is 0.674. The summed E-state index contributed by atoms with van der Waals surface area (Å²) in [6.45, 7) is 0.853. The zero-order chi connectivity index (χ0) is 9.26. The van der Waals surface area contributed by atoms with E-state index in [9.17, 15) is 9.90 Å². The highest BCUT2D eigenvalue weighted by molar-refractivity contribution is 5.78. The number of carbonyl (C=O) groups is 1. The number of carbonyl (C=O) groups excluding carboxylic acids is 1. The minimum atomic E-state index is -0.239. The smallest absolute Gasteiger partial charge is 0.223 e. The lowest BCUT2D eigenvalue weighted by atomic mass is 10.1. The standard InChI is InChI=1S/C10H17NO2/c12-9-4-3-8(5-9)10(13)11-6-7-1-2-7/h7-9,12H,1-6H2,(H,11,13)/t8-,9-/m1/s1. The first-order valence-corrected chi connectivity index (χ1v) is 5.21. The number of hydrogen-bond donors (Lipinski definition) is 2. The predicted molar refractivity (Wildman–Crippen MR) is 49.1 cm³/mol. The Hall–Kier alpha value is -0.570. The van der Waals surface area contributed by atoms with Crippen molar-refractivity contribution >= 4 is 5.91 Å². The second-order valence-corrected chi connectivity index (χ2v) is 4.35. The first kappa shape index (κ1) is 9.00. The van der Waals surface area contributed by atoms with Crippen LogP contribution in [-0.4, -0.2) is 23.7 Å². The van der Waals surface area contributed by atoms with Crippen molar-refractivity contribution in [2.24, 2.45) is 11.8 Å². The molecular weight excluding hydrogens is 166 g/mol. The van der Waals surface area contributed by atoms with Gasteiger partial charge in [0.2, 0.25) is 5.91 Å². The van der Waals surface area contributed by atoms with Gasteiger partial charge in [-0.15, -0.1) is 0 Å².